The summed E-state index contributed by atoms with van der Waals surface area (Å²) in [6, 6.07) is 8.33. The number of amides is 1. The lowest BCUT2D eigenvalue weighted by Crippen LogP contribution is -2.53. The van der Waals surface area contributed by atoms with Crippen molar-refractivity contribution in [3.05, 3.63) is 36.0 Å². The number of para-hydroxylation sites is 1. The summed E-state index contributed by atoms with van der Waals surface area (Å²) in [6.07, 6.45) is 6.76. The van der Waals surface area contributed by atoms with E-state index in [0.29, 0.717) is 6.42 Å². The summed E-state index contributed by atoms with van der Waals surface area (Å²) in [7, 11) is 0. The van der Waals surface area contributed by atoms with Crippen molar-refractivity contribution in [1.29, 1.82) is 0 Å². The predicted molar refractivity (Wildman–Crippen MR) is 90.0 cm³/mol. The molecule has 4 rings (SSSR count). The Kier molecular flexibility index (Phi) is 3.64. The summed E-state index contributed by atoms with van der Waals surface area (Å²) in [4.78, 5) is 17.8. The van der Waals surface area contributed by atoms with Gasteiger partial charge in [0, 0.05) is 42.1 Å². The first-order chi connectivity index (χ1) is 11.2. The summed E-state index contributed by atoms with van der Waals surface area (Å²) in [6.45, 7) is 3.76. The third kappa shape index (κ3) is 2.36. The van der Waals surface area contributed by atoms with Crippen molar-refractivity contribution in [2.75, 3.05) is 13.2 Å². The Bertz CT molecular complexity index is 723. The topological polar surface area (TPSA) is 45.3 Å². The Hall–Kier alpha value is -1.81. The van der Waals surface area contributed by atoms with E-state index >= 15 is 0 Å². The van der Waals surface area contributed by atoms with Crippen LogP contribution in [-0.4, -0.2) is 35.2 Å². The molecule has 1 amide bonds. The molecule has 2 aliphatic rings. The standard InChI is InChI=1S/C19H24N2O2/c1-2-19-9-7-17(22)21(18(19)23-12-10-19)11-8-14-13-20-16-6-4-3-5-15(14)16/h3-6,13,18,20H,2,7-12H2,1H3/t18?,19-/m0/s1. The number of aromatic amines is 1. The molecule has 0 bridgehead atoms. The van der Waals surface area contributed by atoms with Crippen molar-refractivity contribution in [2.45, 2.75) is 45.3 Å². The SMILES string of the molecule is CC[C@]12CCOC1N(CCc1c[nH]c3ccccc13)C(=O)CC2. The van der Waals surface area contributed by atoms with Crippen LogP contribution in [0.3, 0.4) is 0 Å². The fourth-order valence-electron chi connectivity index (χ4n) is 4.32. The van der Waals surface area contributed by atoms with E-state index in [1.807, 2.05) is 11.0 Å². The molecule has 2 atom stereocenters. The minimum Gasteiger partial charge on any atom is -0.361 e. The van der Waals surface area contributed by atoms with Crippen molar-refractivity contribution < 1.29 is 9.53 Å². The van der Waals surface area contributed by atoms with Gasteiger partial charge in [-0.1, -0.05) is 25.1 Å². The van der Waals surface area contributed by atoms with Gasteiger partial charge in [-0.2, -0.15) is 0 Å². The second kappa shape index (κ2) is 5.68. The fourth-order valence-corrected chi connectivity index (χ4v) is 4.32. The third-order valence-corrected chi connectivity index (χ3v) is 5.84. The molecule has 23 heavy (non-hydrogen) atoms. The van der Waals surface area contributed by atoms with Gasteiger partial charge in [0.15, 0.2) is 0 Å². The molecule has 4 heteroatoms. The second-order valence-corrected chi connectivity index (χ2v) is 6.89. The number of rotatable bonds is 4. The van der Waals surface area contributed by atoms with E-state index in [1.54, 1.807) is 0 Å². The van der Waals surface area contributed by atoms with Crippen LogP contribution in [0.25, 0.3) is 10.9 Å². The van der Waals surface area contributed by atoms with Crippen molar-refractivity contribution in [1.82, 2.24) is 9.88 Å². The number of nitrogens with zero attached hydrogens (tertiary/aromatic N) is 1. The number of carbonyl (C=O) groups is 1. The maximum atomic E-state index is 12.5. The van der Waals surface area contributed by atoms with E-state index in [-0.39, 0.29) is 17.6 Å². The molecule has 0 aliphatic carbocycles. The van der Waals surface area contributed by atoms with E-state index in [9.17, 15) is 4.79 Å². The Morgan fingerprint density at radius 2 is 2.22 bits per heavy atom. The highest BCUT2D eigenvalue weighted by atomic mass is 16.5. The number of benzene rings is 1. The predicted octanol–water partition coefficient (Wildman–Crippen LogP) is 3.48. The van der Waals surface area contributed by atoms with Gasteiger partial charge < -0.3 is 14.6 Å². The zero-order valence-corrected chi connectivity index (χ0v) is 13.7. The molecule has 0 spiro atoms. The Morgan fingerprint density at radius 1 is 1.35 bits per heavy atom. The average Bonchev–Trinajstić information content (AvgIpc) is 3.19. The molecule has 122 valence electrons. The van der Waals surface area contributed by atoms with E-state index < -0.39 is 0 Å². The van der Waals surface area contributed by atoms with Gasteiger partial charge in [0.05, 0.1) is 0 Å². The van der Waals surface area contributed by atoms with E-state index in [4.69, 9.17) is 4.74 Å². The Labute approximate surface area is 136 Å². The van der Waals surface area contributed by atoms with Crippen LogP contribution in [0.1, 0.15) is 38.2 Å². The van der Waals surface area contributed by atoms with Gasteiger partial charge in [-0.05, 0) is 37.3 Å². The number of H-pyrrole nitrogens is 1. The second-order valence-electron chi connectivity index (χ2n) is 6.89. The molecule has 2 aliphatic heterocycles. The molecule has 0 radical (unpaired) electrons. The molecular formula is C19H24N2O2. The Morgan fingerprint density at radius 3 is 3.09 bits per heavy atom. The first kappa shape index (κ1) is 14.8. The molecule has 0 saturated carbocycles. The van der Waals surface area contributed by atoms with Crippen molar-refractivity contribution >= 4 is 16.8 Å². The van der Waals surface area contributed by atoms with Gasteiger partial charge >= 0.3 is 0 Å². The lowest BCUT2D eigenvalue weighted by Gasteiger charge is -2.44. The number of carbonyl (C=O) groups excluding carboxylic acids is 1. The van der Waals surface area contributed by atoms with Gasteiger partial charge in [0.2, 0.25) is 5.91 Å². The van der Waals surface area contributed by atoms with Crippen LogP contribution >= 0.6 is 0 Å². The van der Waals surface area contributed by atoms with Crippen LogP contribution in [0.2, 0.25) is 0 Å². The van der Waals surface area contributed by atoms with Gasteiger partial charge in [-0.15, -0.1) is 0 Å². The zero-order valence-electron chi connectivity index (χ0n) is 13.7. The molecule has 2 saturated heterocycles. The summed E-state index contributed by atoms with van der Waals surface area (Å²) < 4.78 is 5.99. The molecule has 1 N–H and O–H groups in total. The van der Waals surface area contributed by atoms with E-state index in [2.05, 4.69) is 36.3 Å². The minimum absolute atomic E-state index is 0.0149. The summed E-state index contributed by atoms with van der Waals surface area (Å²) in [5, 5.41) is 1.26. The van der Waals surface area contributed by atoms with Crippen molar-refractivity contribution in [3.63, 3.8) is 0 Å². The largest absolute Gasteiger partial charge is 0.361 e. The molecule has 2 aromatic rings. The van der Waals surface area contributed by atoms with Crippen LogP contribution < -0.4 is 0 Å². The summed E-state index contributed by atoms with van der Waals surface area (Å²) >= 11 is 0. The molecule has 1 aromatic carbocycles. The average molecular weight is 312 g/mol. The normalized spacial score (nSPS) is 27.6. The van der Waals surface area contributed by atoms with Gasteiger partial charge in [0.25, 0.3) is 0 Å². The molecular weight excluding hydrogens is 288 g/mol. The van der Waals surface area contributed by atoms with Crippen molar-refractivity contribution in [2.24, 2.45) is 5.41 Å². The number of hydrogen-bond acceptors (Lipinski definition) is 2. The maximum absolute atomic E-state index is 12.5. The van der Waals surface area contributed by atoms with E-state index in [0.717, 1.165) is 44.4 Å². The molecule has 1 aromatic heterocycles. The lowest BCUT2D eigenvalue weighted by atomic mass is 9.74. The molecule has 2 fully saturated rings. The minimum atomic E-state index is -0.0149. The maximum Gasteiger partial charge on any atom is 0.224 e. The quantitative estimate of drug-likeness (QED) is 0.939. The van der Waals surface area contributed by atoms with Crippen LogP contribution in [0.4, 0.5) is 0 Å². The highest BCUT2D eigenvalue weighted by Gasteiger charge is 2.50. The number of aromatic nitrogens is 1. The monoisotopic (exact) mass is 312 g/mol. The van der Waals surface area contributed by atoms with Crippen LogP contribution in [-0.2, 0) is 16.0 Å². The van der Waals surface area contributed by atoms with Crippen LogP contribution in [0.15, 0.2) is 30.5 Å². The summed E-state index contributed by atoms with van der Waals surface area (Å²) in [5.41, 5.74) is 2.63. The number of fused-ring (bicyclic) bond motifs is 2. The van der Waals surface area contributed by atoms with E-state index in [1.165, 1.54) is 10.9 Å². The molecule has 3 heterocycles. The first-order valence-electron chi connectivity index (χ1n) is 8.69. The zero-order chi connectivity index (χ0) is 15.9. The van der Waals surface area contributed by atoms with Gasteiger partial charge in [0.1, 0.15) is 6.23 Å². The Balaban J connectivity index is 1.54. The highest BCUT2D eigenvalue weighted by molar-refractivity contribution is 5.83. The van der Waals surface area contributed by atoms with Gasteiger partial charge in [-0.25, -0.2) is 0 Å². The molecule has 1 unspecified atom stereocenters. The molecule has 4 nitrogen and oxygen atoms in total. The first-order valence-corrected chi connectivity index (χ1v) is 8.69. The third-order valence-electron chi connectivity index (χ3n) is 5.84. The van der Waals surface area contributed by atoms with Crippen LogP contribution in [0, 0.1) is 5.41 Å². The number of likely N-dealkylation sites (tertiary alicyclic amines) is 1. The smallest absolute Gasteiger partial charge is 0.224 e. The van der Waals surface area contributed by atoms with Crippen LogP contribution in [0.5, 0.6) is 0 Å². The highest BCUT2D eigenvalue weighted by Crippen LogP contribution is 2.46. The van der Waals surface area contributed by atoms with Gasteiger partial charge in [-0.3, -0.25) is 4.79 Å². The van der Waals surface area contributed by atoms with Crippen molar-refractivity contribution in [3.8, 4) is 0 Å². The number of piperidine rings is 1. The lowest BCUT2D eigenvalue weighted by molar-refractivity contribution is -0.160. The number of hydrogen-bond donors (Lipinski definition) is 1. The number of ether oxygens (including phenoxy) is 1. The fraction of sp³-hybridized carbons (Fsp3) is 0.526. The summed E-state index contributed by atoms with van der Waals surface area (Å²) in [5.74, 6) is 0.251. The number of nitrogens with one attached hydrogen (secondary N) is 1.